The van der Waals surface area contributed by atoms with Crippen molar-refractivity contribution in [2.45, 2.75) is 26.4 Å². The summed E-state index contributed by atoms with van der Waals surface area (Å²) in [6.07, 6.45) is 0.718. The number of rotatable bonds is 3. The lowest BCUT2D eigenvalue weighted by Crippen LogP contribution is -2.52. The Balaban J connectivity index is 2.15. The van der Waals surface area contributed by atoms with Gasteiger partial charge in [0.15, 0.2) is 5.78 Å². The van der Waals surface area contributed by atoms with Gasteiger partial charge in [-0.05, 0) is 12.8 Å². The van der Waals surface area contributed by atoms with E-state index in [2.05, 4.69) is 0 Å². The molecule has 0 radical (unpaired) electrons. The summed E-state index contributed by atoms with van der Waals surface area (Å²) in [6.45, 7) is 4.16. The Hall–Kier alpha value is -1.23. The number of aldehydes is 1. The Morgan fingerprint density at radius 1 is 1.53 bits per heavy atom. The minimum atomic E-state index is -0.885. The molecule has 1 aliphatic heterocycles. The number of carbonyl (C=O) groups excluding carboxylic acids is 3. The van der Waals surface area contributed by atoms with Gasteiger partial charge in [0, 0.05) is 23.7 Å². The van der Waals surface area contributed by atoms with Crippen LogP contribution in [0, 0.1) is 28.6 Å². The van der Waals surface area contributed by atoms with Crippen LogP contribution in [-0.4, -0.2) is 37.9 Å². The molecule has 0 aromatic carbocycles. The van der Waals surface area contributed by atoms with Gasteiger partial charge in [0.05, 0.1) is 19.1 Å². The van der Waals surface area contributed by atoms with Crippen molar-refractivity contribution in [1.29, 1.82) is 0 Å². The molecule has 5 heteroatoms. The molecule has 5 nitrogen and oxygen atoms in total. The fraction of sp³-hybridized carbons (Fsp3) is 0.786. The Bertz CT molecular complexity index is 472. The Labute approximate surface area is 111 Å². The van der Waals surface area contributed by atoms with Crippen molar-refractivity contribution >= 4 is 18.0 Å². The lowest BCUT2D eigenvalue weighted by atomic mass is 9.58. The Morgan fingerprint density at radius 3 is 2.79 bits per heavy atom. The molecule has 1 saturated heterocycles. The summed E-state index contributed by atoms with van der Waals surface area (Å²) in [7, 11) is 1.34. The van der Waals surface area contributed by atoms with E-state index in [-0.39, 0.29) is 23.6 Å². The minimum Gasteiger partial charge on any atom is -0.469 e. The molecule has 1 heterocycles. The van der Waals surface area contributed by atoms with Crippen LogP contribution in [0.25, 0.3) is 0 Å². The van der Waals surface area contributed by atoms with Crippen LogP contribution in [-0.2, 0) is 23.9 Å². The largest absolute Gasteiger partial charge is 0.469 e. The quantitative estimate of drug-likeness (QED) is 0.553. The van der Waals surface area contributed by atoms with Crippen molar-refractivity contribution in [3.63, 3.8) is 0 Å². The molecular weight excluding hydrogens is 248 g/mol. The van der Waals surface area contributed by atoms with Crippen molar-refractivity contribution < 1.29 is 23.9 Å². The highest BCUT2D eigenvalue weighted by atomic mass is 16.5. The number of methoxy groups -OCH3 is 1. The van der Waals surface area contributed by atoms with Gasteiger partial charge in [-0.1, -0.05) is 6.92 Å². The first-order chi connectivity index (χ1) is 8.93. The van der Waals surface area contributed by atoms with E-state index < -0.39 is 22.9 Å². The number of Topliss-reactive ketones (excluding diaryl/α,β-unsaturated/α-hetero) is 1. The number of ketones is 1. The van der Waals surface area contributed by atoms with E-state index in [0.717, 1.165) is 6.29 Å². The van der Waals surface area contributed by atoms with Crippen molar-refractivity contribution in [2.75, 3.05) is 13.7 Å². The summed E-state index contributed by atoms with van der Waals surface area (Å²) in [4.78, 5) is 35.6. The van der Waals surface area contributed by atoms with E-state index in [1.165, 1.54) is 7.11 Å². The van der Waals surface area contributed by atoms with Crippen LogP contribution in [0.2, 0.25) is 0 Å². The third-order valence-electron chi connectivity index (χ3n) is 5.89. The monoisotopic (exact) mass is 266 g/mol. The second kappa shape index (κ2) is 3.66. The maximum atomic E-state index is 12.4. The second-order valence-corrected chi connectivity index (χ2v) is 6.32. The normalized spacial score (nSPS) is 50.6. The van der Waals surface area contributed by atoms with Gasteiger partial charge < -0.3 is 14.3 Å². The third-order valence-corrected chi connectivity index (χ3v) is 5.89. The van der Waals surface area contributed by atoms with Gasteiger partial charge in [-0.3, -0.25) is 9.59 Å². The summed E-state index contributed by atoms with van der Waals surface area (Å²) in [5, 5.41) is 0. The van der Waals surface area contributed by atoms with Crippen molar-refractivity contribution in [3.05, 3.63) is 0 Å². The fourth-order valence-corrected chi connectivity index (χ4v) is 4.88. The second-order valence-electron chi connectivity index (χ2n) is 6.32. The number of carbonyl (C=O) groups is 3. The lowest BCUT2D eigenvalue weighted by Gasteiger charge is -2.42. The summed E-state index contributed by atoms with van der Waals surface area (Å²) < 4.78 is 10.6. The summed E-state index contributed by atoms with van der Waals surface area (Å²) in [5.74, 6) is -0.978. The zero-order valence-electron chi connectivity index (χ0n) is 11.3. The van der Waals surface area contributed by atoms with Crippen LogP contribution >= 0.6 is 0 Å². The van der Waals surface area contributed by atoms with E-state index in [0.29, 0.717) is 13.0 Å². The minimum absolute atomic E-state index is 0.0280. The standard InChI is InChI=1S/C14H18O5/c1-13-6-19-11-9(13)7(4-5-15)8(10(11)16)14(13,2)12(17)18-3/h5,7-9,11H,4,6H2,1-3H3. The van der Waals surface area contributed by atoms with E-state index in [4.69, 9.17) is 9.47 Å². The highest BCUT2D eigenvalue weighted by Crippen LogP contribution is 2.71. The van der Waals surface area contributed by atoms with E-state index >= 15 is 0 Å². The van der Waals surface area contributed by atoms with Crippen LogP contribution in [0.5, 0.6) is 0 Å². The van der Waals surface area contributed by atoms with Gasteiger partial charge >= 0.3 is 5.97 Å². The fourth-order valence-electron chi connectivity index (χ4n) is 4.88. The molecule has 0 aromatic rings. The van der Waals surface area contributed by atoms with E-state index in [9.17, 15) is 14.4 Å². The summed E-state index contributed by atoms with van der Waals surface area (Å²) >= 11 is 0. The number of ether oxygens (including phenoxy) is 2. The third kappa shape index (κ3) is 1.14. The Morgan fingerprint density at radius 2 is 2.21 bits per heavy atom. The van der Waals surface area contributed by atoms with E-state index in [1.807, 2.05) is 6.92 Å². The number of esters is 1. The first kappa shape index (κ1) is 12.8. The maximum absolute atomic E-state index is 12.4. The highest BCUT2D eigenvalue weighted by molar-refractivity contribution is 5.98. The van der Waals surface area contributed by atoms with Gasteiger partial charge in [0.2, 0.25) is 0 Å². The van der Waals surface area contributed by atoms with Crippen molar-refractivity contribution in [2.24, 2.45) is 28.6 Å². The molecule has 0 spiro atoms. The molecule has 3 rings (SSSR count). The predicted molar refractivity (Wildman–Crippen MR) is 64.1 cm³/mol. The average molecular weight is 266 g/mol. The predicted octanol–water partition coefficient (Wildman–Crippen LogP) is 0.605. The lowest BCUT2D eigenvalue weighted by molar-refractivity contribution is -0.166. The molecule has 0 aromatic heterocycles. The van der Waals surface area contributed by atoms with Crippen LogP contribution in [0.4, 0.5) is 0 Å². The topological polar surface area (TPSA) is 69.7 Å². The zero-order valence-corrected chi connectivity index (χ0v) is 11.3. The molecule has 0 N–H and O–H groups in total. The number of hydrogen-bond donors (Lipinski definition) is 0. The molecule has 3 fully saturated rings. The number of hydrogen-bond acceptors (Lipinski definition) is 5. The maximum Gasteiger partial charge on any atom is 0.312 e. The van der Waals surface area contributed by atoms with Gasteiger partial charge in [-0.25, -0.2) is 0 Å². The van der Waals surface area contributed by atoms with Crippen LogP contribution in [0.15, 0.2) is 0 Å². The van der Waals surface area contributed by atoms with E-state index in [1.54, 1.807) is 6.92 Å². The number of fused-ring (bicyclic) bond motifs is 1. The Kier molecular flexibility index (Phi) is 2.46. The van der Waals surface area contributed by atoms with Crippen molar-refractivity contribution in [1.82, 2.24) is 0 Å². The van der Waals surface area contributed by atoms with Gasteiger partial charge in [-0.15, -0.1) is 0 Å². The van der Waals surface area contributed by atoms with Crippen LogP contribution in [0.1, 0.15) is 20.3 Å². The molecule has 3 aliphatic rings. The average Bonchev–Trinajstić information content (AvgIpc) is 2.91. The first-order valence-corrected chi connectivity index (χ1v) is 6.61. The summed E-state index contributed by atoms with van der Waals surface area (Å²) in [5.41, 5.74) is -1.30. The molecule has 2 bridgehead atoms. The molecule has 104 valence electrons. The van der Waals surface area contributed by atoms with Gasteiger partial charge in [0.1, 0.15) is 12.4 Å². The SMILES string of the molecule is COC(=O)C1(C)C2C(=O)C3OCC1(C)C3C2CC=O. The summed E-state index contributed by atoms with van der Waals surface area (Å²) in [6, 6.07) is 0. The molecule has 0 amide bonds. The smallest absolute Gasteiger partial charge is 0.312 e. The van der Waals surface area contributed by atoms with Crippen LogP contribution < -0.4 is 0 Å². The highest BCUT2D eigenvalue weighted by Gasteiger charge is 2.79. The first-order valence-electron chi connectivity index (χ1n) is 6.61. The molecule has 6 atom stereocenters. The molecule has 2 saturated carbocycles. The zero-order chi connectivity index (χ0) is 14.0. The molecule has 2 aliphatic carbocycles. The molecular formula is C14H18O5. The van der Waals surface area contributed by atoms with Crippen molar-refractivity contribution in [3.8, 4) is 0 Å². The van der Waals surface area contributed by atoms with Gasteiger partial charge in [-0.2, -0.15) is 0 Å². The molecule has 19 heavy (non-hydrogen) atoms. The van der Waals surface area contributed by atoms with Crippen LogP contribution in [0.3, 0.4) is 0 Å². The molecule has 6 unspecified atom stereocenters. The van der Waals surface area contributed by atoms with Gasteiger partial charge in [0.25, 0.3) is 0 Å².